The average molecular weight is 803 g/mol. The third-order valence-electron chi connectivity index (χ3n) is 10.3. The highest BCUT2D eigenvalue weighted by molar-refractivity contribution is 7.12. The van der Waals surface area contributed by atoms with Crippen molar-refractivity contribution in [3.63, 3.8) is 0 Å². The highest BCUT2D eigenvalue weighted by Gasteiger charge is 2.34. The Labute approximate surface area is 329 Å². The van der Waals surface area contributed by atoms with E-state index in [2.05, 4.69) is 15.5 Å². The molecular formula is C38H39ClN8O8S. The number of aromatic nitrogens is 8. The number of rotatable bonds is 9. The van der Waals surface area contributed by atoms with Crippen molar-refractivity contribution in [1.82, 2.24) is 39.3 Å². The van der Waals surface area contributed by atoms with E-state index in [0.29, 0.717) is 57.7 Å². The van der Waals surface area contributed by atoms with E-state index in [0.717, 1.165) is 75.5 Å². The lowest BCUT2D eigenvalue weighted by atomic mass is 9.98. The molecule has 0 bridgehead atoms. The van der Waals surface area contributed by atoms with Crippen molar-refractivity contribution in [2.24, 2.45) is 0 Å². The zero-order valence-electron chi connectivity index (χ0n) is 30.5. The summed E-state index contributed by atoms with van der Waals surface area (Å²) in [5, 5.41) is 13.6. The first kappa shape index (κ1) is 37.5. The van der Waals surface area contributed by atoms with Gasteiger partial charge in [-0.05, 0) is 92.5 Å². The topological polar surface area (TPSA) is 184 Å². The van der Waals surface area contributed by atoms with Crippen LogP contribution in [0, 0.1) is 0 Å². The summed E-state index contributed by atoms with van der Waals surface area (Å²) in [6.45, 7) is 1.44. The van der Waals surface area contributed by atoms with Crippen LogP contribution in [0.15, 0.2) is 53.0 Å². The predicted octanol–water partition coefficient (Wildman–Crippen LogP) is 7.31. The Morgan fingerprint density at radius 2 is 1.68 bits per heavy atom. The molecule has 2 fully saturated rings. The van der Waals surface area contributed by atoms with Crippen molar-refractivity contribution < 1.29 is 33.3 Å². The SMILES string of the molecule is CC(OC(=O)OC1CCCCC1)OC(=O)c1cc(-c2cnc([C@@H]3CCc4nc(-c5cc(Cl)ccc5-n5cnnn5)cc(=O)n43)n2C(=O)OC2CCCCC2)cs1. The first-order chi connectivity index (χ1) is 27.2. The lowest BCUT2D eigenvalue weighted by molar-refractivity contribution is -0.0912. The zero-order chi connectivity index (χ0) is 38.8. The molecule has 0 N–H and O–H groups in total. The zero-order valence-corrected chi connectivity index (χ0v) is 32.1. The number of benzene rings is 1. The molecule has 2 aliphatic carbocycles. The number of fused-ring (bicyclic) bond motifs is 1. The van der Waals surface area contributed by atoms with Gasteiger partial charge in [0.1, 0.15) is 35.1 Å². The van der Waals surface area contributed by atoms with E-state index < -0.39 is 30.5 Å². The summed E-state index contributed by atoms with van der Waals surface area (Å²) < 4.78 is 26.5. The molecule has 56 heavy (non-hydrogen) atoms. The maximum absolute atomic E-state index is 14.1. The van der Waals surface area contributed by atoms with Crippen molar-refractivity contribution in [3.8, 4) is 28.2 Å². The molecule has 3 aliphatic rings. The van der Waals surface area contributed by atoms with E-state index in [1.54, 1.807) is 34.2 Å². The minimum absolute atomic E-state index is 0.199. The minimum Gasteiger partial charge on any atom is -0.446 e. The van der Waals surface area contributed by atoms with Crippen LogP contribution in [0.4, 0.5) is 9.59 Å². The van der Waals surface area contributed by atoms with Gasteiger partial charge >= 0.3 is 18.2 Å². The number of carbonyl (C=O) groups excluding carboxylic acids is 3. The molecule has 292 valence electrons. The summed E-state index contributed by atoms with van der Waals surface area (Å²) in [6, 6.07) is 7.52. The molecule has 1 aliphatic heterocycles. The van der Waals surface area contributed by atoms with Crippen LogP contribution >= 0.6 is 22.9 Å². The van der Waals surface area contributed by atoms with Crippen molar-refractivity contribution in [1.29, 1.82) is 0 Å². The molecule has 1 aromatic carbocycles. The molecule has 1 unspecified atom stereocenters. The van der Waals surface area contributed by atoms with Gasteiger partial charge in [-0.1, -0.05) is 24.4 Å². The highest BCUT2D eigenvalue weighted by Crippen LogP contribution is 2.36. The first-order valence-corrected chi connectivity index (χ1v) is 20.1. The van der Waals surface area contributed by atoms with E-state index in [1.807, 2.05) is 0 Å². The maximum Gasteiger partial charge on any atom is 0.511 e. The Morgan fingerprint density at radius 1 is 0.929 bits per heavy atom. The molecule has 0 radical (unpaired) electrons. The third-order valence-corrected chi connectivity index (χ3v) is 11.5. The monoisotopic (exact) mass is 802 g/mol. The van der Waals surface area contributed by atoms with Crippen LogP contribution in [-0.4, -0.2) is 76.0 Å². The third kappa shape index (κ3) is 7.95. The average Bonchev–Trinajstić information content (AvgIpc) is 4.02. The van der Waals surface area contributed by atoms with Crippen LogP contribution in [0.2, 0.25) is 5.02 Å². The number of esters is 1. The lowest BCUT2D eigenvalue weighted by Crippen LogP contribution is -2.30. The Morgan fingerprint density at radius 3 is 2.41 bits per heavy atom. The molecule has 5 aromatic rings. The van der Waals surface area contributed by atoms with Crippen molar-refractivity contribution >= 4 is 41.2 Å². The second-order valence-corrected chi connectivity index (χ2v) is 15.5. The predicted molar refractivity (Wildman–Crippen MR) is 202 cm³/mol. The van der Waals surface area contributed by atoms with Gasteiger partial charge in [0.2, 0.25) is 6.29 Å². The van der Waals surface area contributed by atoms with Gasteiger partial charge in [0.05, 0.1) is 29.3 Å². The lowest BCUT2D eigenvalue weighted by Gasteiger charge is -2.23. The molecule has 0 amide bonds. The second kappa shape index (κ2) is 16.4. The molecule has 16 nitrogen and oxygen atoms in total. The van der Waals surface area contributed by atoms with Crippen LogP contribution in [0.5, 0.6) is 0 Å². The van der Waals surface area contributed by atoms with Gasteiger partial charge in [0.25, 0.3) is 5.56 Å². The molecule has 8 rings (SSSR count). The molecule has 18 heteroatoms. The van der Waals surface area contributed by atoms with Gasteiger partial charge in [-0.15, -0.1) is 16.4 Å². The number of tetrazole rings is 1. The maximum atomic E-state index is 14.1. The normalized spacial score (nSPS) is 17.9. The summed E-state index contributed by atoms with van der Waals surface area (Å²) in [4.78, 5) is 63.4. The first-order valence-electron chi connectivity index (χ1n) is 18.8. The number of aryl methyl sites for hydroxylation is 1. The number of carbonyl (C=O) groups is 3. The number of thiophene rings is 1. The Hall–Kier alpha value is -5.42. The molecule has 0 spiro atoms. The van der Waals surface area contributed by atoms with Gasteiger partial charge in [0, 0.05) is 40.9 Å². The summed E-state index contributed by atoms with van der Waals surface area (Å²) in [7, 11) is 0. The summed E-state index contributed by atoms with van der Waals surface area (Å²) in [5.74, 6) is 0.106. The van der Waals surface area contributed by atoms with Crippen LogP contribution in [-0.2, 0) is 25.4 Å². The Bertz CT molecular complexity index is 2290. The second-order valence-electron chi connectivity index (χ2n) is 14.1. The van der Waals surface area contributed by atoms with E-state index >= 15 is 0 Å². The standard InChI is InChI=1S/C38H39ClN8O8S/c1-22(53-38(51)55-26-10-6-3-7-11-26)52-36(49)32-16-23(20-56-32)31-19-40-35(47(31)37(50)54-25-8-4-2-5-9-25)30-14-15-33-42-28(18-34(48)46(30)33)27-17-24(39)12-13-29(27)45-21-41-43-44-45/h12-13,16-22,25-26,30H,2-11,14-15H2,1H3/t22?,30-/m0/s1. The van der Waals surface area contributed by atoms with E-state index in [1.165, 1.54) is 34.8 Å². The summed E-state index contributed by atoms with van der Waals surface area (Å²) in [6.07, 6.45) is 9.86. The van der Waals surface area contributed by atoms with Gasteiger partial charge < -0.3 is 18.9 Å². The molecule has 5 heterocycles. The number of hydrogen-bond donors (Lipinski definition) is 0. The molecule has 2 atom stereocenters. The molecular weight excluding hydrogens is 764 g/mol. The van der Waals surface area contributed by atoms with E-state index in [-0.39, 0.29) is 22.6 Å². The van der Waals surface area contributed by atoms with Crippen molar-refractivity contribution in [2.75, 3.05) is 0 Å². The molecule has 0 saturated heterocycles. The fourth-order valence-corrected chi connectivity index (χ4v) is 8.63. The molecule has 4 aromatic heterocycles. The highest BCUT2D eigenvalue weighted by atomic mass is 35.5. The van der Waals surface area contributed by atoms with Crippen molar-refractivity contribution in [2.45, 2.75) is 109 Å². The molecule has 2 saturated carbocycles. The number of imidazole rings is 1. The van der Waals surface area contributed by atoms with E-state index in [4.69, 9.17) is 40.5 Å². The smallest absolute Gasteiger partial charge is 0.446 e. The van der Waals surface area contributed by atoms with Gasteiger partial charge in [-0.25, -0.2) is 28.9 Å². The number of hydrogen-bond acceptors (Lipinski definition) is 14. The fraction of sp³-hybridized carbons (Fsp3) is 0.447. The summed E-state index contributed by atoms with van der Waals surface area (Å²) in [5.41, 5.74) is 2.12. The van der Waals surface area contributed by atoms with Crippen molar-refractivity contribution in [3.05, 3.63) is 80.1 Å². The number of ether oxygens (including phenoxy) is 4. The Kier molecular flexibility index (Phi) is 11.0. The van der Waals surface area contributed by atoms with Crippen LogP contribution in [0.25, 0.3) is 28.2 Å². The quantitative estimate of drug-likeness (QED) is 0.0822. The Balaban J connectivity index is 1.07. The van der Waals surface area contributed by atoms with Crippen LogP contribution < -0.4 is 5.56 Å². The van der Waals surface area contributed by atoms with E-state index in [9.17, 15) is 19.2 Å². The summed E-state index contributed by atoms with van der Waals surface area (Å²) >= 11 is 7.48. The minimum atomic E-state index is -1.19. The number of nitrogens with zero attached hydrogens (tertiary/aromatic N) is 8. The fourth-order valence-electron chi connectivity index (χ4n) is 7.68. The number of halogens is 1. The largest absolute Gasteiger partial charge is 0.511 e. The van der Waals surface area contributed by atoms with Gasteiger partial charge in [-0.2, -0.15) is 4.68 Å². The van der Waals surface area contributed by atoms with Gasteiger partial charge in [0.15, 0.2) is 0 Å². The van der Waals surface area contributed by atoms with Gasteiger partial charge in [-0.3, -0.25) is 9.36 Å². The van der Waals surface area contributed by atoms with Crippen LogP contribution in [0.3, 0.4) is 0 Å². The van der Waals surface area contributed by atoms with Crippen LogP contribution in [0.1, 0.15) is 105 Å².